The maximum absolute atomic E-state index is 12.5. The van der Waals surface area contributed by atoms with Crippen LogP contribution < -0.4 is 9.64 Å². The van der Waals surface area contributed by atoms with E-state index in [1.165, 1.54) is 0 Å². The van der Waals surface area contributed by atoms with Crippen molar-refractivity contribution in [2.75, 3.05) is 31.6 Å². The van der Waals surface area contributed by atoms with Crippen molar-refractivity contribution in [2.45, 2.75) is 39.2 Å². The van der Waals surface area contributed by atoms with Crippen LogP contribution in [-0.2, 0) is 11.3 Å². The van der Waals surface area contributed by atoms with Crippen molar-refractivity contribution >= 4 is 11.7 Å². The van der Waals surface area contributed by atoms with Crippen molar-refractivity contribution < 1.29 is 9.53 Å². The third-order valence-corrected chi connectivity index (χ3v) is 5.92. The Bertz CT molecular complexity index is 833. The molecule has 2 fully saturated rings. The molecule has 2 aliphatic rings. The zero-order valence-electron chi connectivity index (χ0n) is 16.5. The predicted molar refractivity (Wildman–Crippen MR) is 104 cm³/mol. The first-order valence-corrected chi connectivity index (χ1v) is 9.73. The first kappa shape index (κ1) is 18.6. The van der Waals surface area contributed by atoms with Gasteiger partial charge in [-0.1, -0.05) is 0 Å². The van der Waals surface area contributed by atoms with E-state index >= 15 is 0 Å². The van der Waals surface area contributed by atoms with Gasteiger partial charge in [-0.2, -0.15) is 0 Å². The molecule has 0 radical (unpaired) electrons. The molecule has 0 aromatic carbocycles. The summed E-state index contributed by atoms with van der Waals surface area (Å²) < 4.78 is 5.21. The van der Waals surface area contributed by atoms with E-state index in [1.807, 2.05) is 17.9 Å². The number of carbonyl (C=O) groups is 1. The Balaban J connectivity index is 1.41. The number of anilines is 1. The lowest BCUT2D eigenvalue weighted by molar-refractivity contribution is -0.139. The van der Waals surface area contributed by atoms with Crippen molar-refractivity contribution in [2.24, 2.45) is 5.41 Å². The molecule has 28 heavy (non-hydrogen) atoms. The second-order valence-corrected chi connectivity index (χ2v) is 7.80. The molecule has 8 nitrogen and oxygen atoms in total. The van der Waals surface area contributed by atoms with Crippen LogP contribution in [0.4, 0.5) is 5.82 Å². The van der Waals surface area contributed by atoms with Crippen LogP contribution in [0.25, 0.3) is 0 Å². The third kappa shape index (κ3) is 3.90. The predicted octanol–water partition coefficient (Wildman–Crippen LogP) is 1.99. The molecule has 0 bridgehead atoms. The number of likely N-dealkylation sites (tertiary alicyclic amines) is 1. The summed E-state index contributed by atoms with van der Waals surface area (Å²) in [5, 5.41) is 0. The number of methoxy groups -OCH3 is 1. The number of amides is 1. The lowest BCUT2D eigenvalue weighted by Gasteiger charge is -2.47. The number of aromatic nitrogens is 4. The van der Waals surface area contributed by atoms with Crippen LogP contribution in [0.5, 0.6) is 5.88 Å². The van der Waals surface area contributed by atoms with Gasteiger partial charge in [0, 0.05) is 38.3 Å². The Labute approximate surface area is 165 Å². The van der Waals surface area contributed by atoms with Gasteiger partial charge in [-0.05, 0) is 31.6 Å². The van der Waals surface area contributed by atoms with Crippen molar-refractivity contribution in [3.05, 3.63) is 36.2 Å². The van der Waals surface area contributed by atoms with Gasteiger partial charge in [0.1, 0.15) is 12.1 Å². The number of aryl methyl sites for hydroxylation is 1. The summed E-state index contributed by atoms with van der Waals surface area (Å²) in [6.07, 6.45) is 8.74. The van der Waals surface area contributed by atoms with Crippen molar-refractivity contribution in [1.82, 2.24) is 24.8 Å². The molecule has 0 unspecified atom stereocenters. The summed E-state index contributed by atoms with van der Waals surface area (Å²) in [6, 6.07) is 1.88. The average molecular weight is 382 g/mol. The van der Waals surface area contributed by atoms with Crippen molar-refractivity contribution in [1.29, 1.82) is 0 Å². The molecule has 148 valence electrons. The van der Waals surface area contributed by atoms with Gasteiger partial charge in [0.25, 0.3) is 0 Å². The summed E-state index contributed by atoms with van der Waals surface area (Å²) >= 11 is 0. The molecule has 0 N–H and O–H groups in total. The van der Waals surface area contributed by atoms with Crippen LogP contribution in [0.3, 0.4) is 0 Å². The zero-order chi connectivity index (χ0) is 19.6. The van der Waals surface area contributed by atoms with Gasteiger partial charge >= 0.3 is 0 Å². The molecule has 4 heterocycles. The molecule has 1 amide bonds. The highest BCUT2D eigenvalue weighted by atomic mass is 16.5. The molecule has 0 atom stereocenters. The Hall–Kier alpha value is -2.77. The second-order valence-electron chi connectivity index (χ2n) is 7.80. The smallest absolute Gasteiger partial charge is 0.222 e. The topological polar surface area (TPSA) is 84.3 Å². The van der Waals surface area contributed by atoms with E-state index in [4.69, 9.17) is 4.74 Å². The summed E-state index contributed by atoms with van der Waals surface area (Å²) in [5.74, 6) is 1.70. The molecule has 2 aromatic rings. The van der Waals surface area contributed by atoms with E-state index in [0.29, 0.717) is 18.8 Å². The van der Waals surface area contributed by atoms with Crippen LogP contribution in [0.15, 0.2) is 24.8 Å². The SMILES string of the molecule is COc1cc(N2CCC3(CCC(=O)N(Cc4cnc(C)cn4)C3)CC2)ncn1. The third-order valence-electron chi connectivity index (χ3n) is 5.92. The highest BCUT2D eigenvalue weighted by Gasteiger charge is 2.41. The molecule has 0 aliphatic carbocycles. The Kier molecular flexibility index (Phi) is 5.11. The summed E-state index contributed by atoms with van der Waals surface area (Å²) in [4.78, 5) is 33.9. The summed E-state index contributed by atoms with van der Waals surface area (Å²) in [7, 11) is 1.61. The fourth-order valence-electron chi connectivity index (χ4n) is 4.18. The van der Waals surface area contributed by atoms with Gasteiger partial charge in [-0.15, -0.1) is 0 Å². The van der Waals surface area contributed by atoms with Gasteiger partial charge in [0.15, 0.2) is 0 Å². The van der Waals surface area contributed by atoms with E-state index in [0.717, 1.165) is 56.1 Å². The van der Waals surface area contributed by atoms with E-state index in [1.54, 1.807) is 25.8 Å². The summed E-state index contributed by atoms with van der Waals surface area (Å²) in [5.41, 5.74) is 1.92. The van der Waals surface area contributed by atoms with Crippen molar-refractivity contribution in [3.8, 4) is 5.88 Å². The maximum Gasteiger partial charge on any atom is 0.222 e. The number of rotatable bonds is 4. The fourth-order valence-corrected chi connectivity index (χ4v) is 4.18. The minimum atomic E-state index is 0.180. The minimum absolute atomic E-state index is 0.180. The summed E-state index contributed by atoms with van der Waals surface area (Å²) in [6.45, 7) is 5.10. The Morgan fingerprint density at radius 2 is 1.93 bits per heavy atom. The standard InChI is InChI=1S/C20H26N6O2/c1-15-10-22-16(11-21-15)12-26-13-20(4-3-19(26)27)5-7-25(8-6-20)17-9-18(28-2)24-14-23-17/h9-11,14H,3-8,12-13H2,1-2H3. The number of hydrogen-bond donors (Lipinski definition) is 0. The van der Waals surface area contributed by atoms with E-state index in [9.17, 15) is 4.79 Å². The van der Waals surface area contributed by atoms with E-state index < -0.39 is 0 Å². The molecule has 0 saturated carbocycles. The molecule has 1 spiro atoms. The quantitative estimate of drug-likeness (QED) is 0.799. The zero-order valence-corrected chi connectivity index (χ0v) is 16.5. The highest BCUT2D eigenvalue weighted by molar-refractivity contribution is 5.77. The molecule has 8 heteroatoms. The largest absolute Gasteiger partial charge is 0.481 e. The van der Waals surface area contributed by atoms with Gasteiger partial charge in [-0.25, -0.2) is 9.97 Å². The van der Waals surface area contributed by atoms with E-state index in [-0.39, 0.29) is 11.3 Å². The van der Waals surface area contributed by atoms with Crippen LogP contribution in [0.1, 0.15) is 37.1 Å². The maximum atomic E-state index is 12.5. The number of carbonyl (C=O) groups excluding carboxylic acids is 1. The van der Waals surface area contributed by atoms with Gasteiger partial charge in [0.2, 0.25) is 11.8 Å². The molecule has 2 aliphatic heterocycles. The Morgan fingerprint density at radius 1 is 1.11 bits per heavy atom. The lowest BCUT2D eigenvalue weighted by atomic mass is 9.72. The van der Waals surface area contributed by atoms with Crippen LogP contribution in [0, 0.1) is 12.3 Å². The van der Waals surface area contributed by atoms with Crippen LogP contribution in [0.2, 0.25) is 0 Å². The molecular formula is C20H26N6O2. The number of nitrogens with zero attached hydrogens (tertiary/aromatic N) is 6. The average Bonchev–Trinajstić information content (AvgIpc) is 2.73. The highest BCUT2D eigenvalue weighted by Crippen LogP contribution is 2.41. The van der Waals surface area contributed by atoms with Crippen LogP contribution in [-0.4, -0.2) is 57.5 Å². The minimum Gasteiger partial charge on any atom is -0.481 e. The lowest BCUT2D eigenvalue weighted by Crippen LogP contribution is -2.51. The molecule has 2 saturated heterocycles. The first-order chi connectivity index (χ1) is 13.6. The van der Waals surface area contributed by atoms with Gasteiger partial charge < -0.3 is 14.5 Å². The Morgan fingerprint density at radius 3 is 2.64 bits per heavy atom. The first-order valence-electron chi connectivity index (χ1n) is 9.73. The van der Waals surface area contributed by atoms with Gasteiger partial charge in [0.05, 0.1) is 31.2 Å². The molecule has 4 rings (SSSR count). The monoisotopic (exact) mass is 382 g/mol. The van der Waals surface area contributed by atoms with Crippen LogP contribution >= 0.6 is 0 Å². The molecule has 2 aromatic heterocycles. The number of piperidine rings is 2. The van der Waals surface area contributed by atoms with E-state index in [2.05, 4.69) is 24.8 Å². The van der Waals surface area contributed by atoms with Gasteiger partial charge in [-0.3, -0.25) is 14.8 Å². The number of ether oxygens (including phenoxy) is 1. The number of hydrogen-bond acceptors (Lipinski definition) is 7. The van der Waals surface area contributed by atoms with Crippen molar-refractivity contribution in [3.63, 3.8) is 0 Å². The normalized spacial score (nSPS) is 19.1. The molecular weight excluding hydrogens is 356 g/mol. The second kappa shape index (κ2) is 7.69. The fraction of sp³-hybridized carbons (Fsp3) is 0.550.